The molecule has 2 heterocycles. The molecule has 0 saturated carbocycles. The highest BCUT2D eigenvalue weighted by molar-refractivity contribution is 8.18. The van der Waals surface area contributed by atoms with Gasteiger partial charge in [0, 0.05) is 21.8 Å². The second kappa shape index (κ2) is 13.9. The van der Waals surface area contributed by atoms with Crippen LogP contribution in [-0.2, 0) is 16.1 Å². The number of furan rings is 1. The van der Waals surface area contributed by atoms with Gasteiger partial charge in [0.05, 0.1) is 34.0 Å². The molecule has 1 aromatic heterocycles. The smallest absolute Gasteiger partial charge is 0.267 e. The van der Waals surface area contributed by atoms with Gasteiger partial charge in [-0.1, -0.05) is 46.9 Å². The Morgan fingerprint density at radius 1 is 1.05 bits per heavy atom. The summed E-state index contributed by atoms with van der Waals surface area (Å²) >= 11 is 19.7. The molecule has 2 amide bonds. The summed E-state index contributed by atoms with van der Waals surface area (Å²) in [5, 5.41) is 12.4. The van der Waals surface area contributed by atoms with E-state index in [1.807, 2.05) is 0 Å². The first-order valence-corrected chi connectivity index (χ1v) is 14.5. The molecule has 0 radical (unpaired) electrons. The molecule has 1 aliphatic rings. The molecule has 0 spiro atoms. The monoisotopic (exact) mass is 656 g/mol. The van der Waals surface area contributed by atoms with Crippen molar-refractivity contribution in [1.82, 2.24) is 4.90 Å². The van der Waals surface area contributed by atoms with Crippen LogP contribution in [0.1, 0.15) is 16.9 Å². The molecule has 0 aliphatic carbocycles. The van der Waals surface area contributed by atoms with Gasteiger partial charge in [0.25, 0.3) is 11.8 Å². The molecule has 1 aliphatic heterocycles. The first-order chi connectivity index (χ1) is 20.8. The first-order valence-electron chi connectivity index (χ1n) is 12.5. The van der Waals surface area contributed by atoms with Crippen molar-refractivity contribution in [1.29, 1.82) is 0 Å². The Labute approximate surface area is 264 Å². The summed E-state index contributed by atoms with van der Waals surface area (Å²) in [6, 6.07) is 18.8. The molecule has 1 saturated heterocycles. The fourth-order valence-corrected chi connectivity index (χ4v) is 5.28. The molecular weight excluding hydrogens is 638 g/mol. The lowest BCUT2D eigenvalue weighted by molar-refractivity contribution is -0.122. The van der Waals surface area contributed by atoms with E-state index in [9.17, 15) is 14.0 Å². The van der Waals surface area contributed by atoms with Crippen LogP contribution in [0.3, 0.4) is 0 Å². The molecule has 0 unspecified atom stereocenters. The number of thioether (sulfide) groups is 1. The van der Waals surface area contributed by atoms with E-state index in [0.717, 1.165) is 11.8 Å². The number of hydrogen-bond donors (Lipinski definition) is 1. The third kappa shape index (κ3) is 7.85. The van der Waals surface area contributed by atoms with Gasteiger partial charge in [-0.15, -0.1) is 5.10 Å². The minimum Gasteiger partial charge on any atom is -0.483 e. The van der Waals surface area contributed by atoms with Crippen LogP contribution < -0.4 is 10.1 Å². The van der Waals surface area contributed by atoms with Crippen LogP contribution >= 0.6 is 46.6 Å². The number of hydrogen-bond acceptors (Lipinski definition) is 7. The number of amidine groups is 1. The second-order valence-electron chi connectivity index (χ2n) is 8.88. The van der Waals surface area contributed by atoms with Gasteiger partial charge < -0.3 is 14.5 Å². The normalized spacial score (nSPS) is 15.2. The van der Waals surface area contributed by atoms with Gasteiger partial charge in [0.15, 0.2) is 11.8 Å². The van der Waals surface area contributed by atoms with Gasteiger partial charge >= 0.3 is 0 Å². The van der Waals surface area contributed by atoms with Gasteiger partial charge in [0.2, 0.25) is 0 Å². The summed E-state index contributed by atoms with van der Waals surface area (Å²) in [5.41, 5.74) is 1.45. The van der Waals surface area contributed by atoms with Crippen molar-refractivity contribution in [2.45, 2.75) is 6.54 Å². The number of anilines is 1. The molecule has 0 atom stereocenters. The minimum atomic E-state index is -0.455. The molecule has 43 heavy (non-hydrogen) atoms. The number of benzene rings is 3. The molecule has 1 fully saturated rings. The minimum absolute atomic E-state index is 0.116. The van der Waals surface area contributed by atoms with Crippen molar-refractivity contribution in [2.24, 2.45) is 10.2 Å². The van der Waals surface area contributed by atoms with E-state index in [1.165, 1.54) is 41.6 Å². The SMILES string of the molecule is O=C(COc1ccc(Cl)cc1/C=C1\S/C(=N\N=C\c2cccc(Cl)c2Cl)N(Cc2ccco2)C1=O)Nc1ccc(F)cc1. The van der Waals surface area contributed by atoms with E-state index >= 15 is 0 Å². The fourth-order valence-electron chi connectivity index (χ4n) is 3.82. The third-order valence-electron chi connectivity index (χ3n) is 5.85. The van der Waals surface area contributed by atoms with Crippen molar-refractivity contribution >= 4 is 81.5 Å². The predicted molar refractivity (Wildman–Crippen MR) is 168 cm³/mol. The van der Waals surface area contributed by atoms with Crippen LogP contribution in [0.25, 0.3) is 6.08 Å². The summed E-state index contributed by atoms with van der Waals surface area (Å²) in [6.45, 7) is -0.223. The maximum atomic E-state index is 13.5. The molecule has 3 aromatic carbocycles. The topological polar surface area (TPSA) is 96.5 Å². The number of carbonyl (C=O) groups excluding carboxylic acids is 2. The average molecular weight is 658 g/mol. The van der Waals surface area contributed by atoms with Gasteiger partial charge in [0.1, 0.15) is 17.3 Å². The lowest BCUT2D eigenvalue weighted by atomic mass is 10.2. The van der Waals surface area contributed by atoms with Gasteiger partial charge in [-0.05, 0) is 78.5 Å². The zero-order valence-electron chi connectivity index (χ0n) is 22.0. The molecule has 8 nitrogen and oxygen atoms in total. The van der Waals surface area contributed by atoms with E-state index in [1.54, 1.807) is 54.6 Å². The van der Waals surface area contributed by atoms with Crippen molar-refractivity contribution in [3.05, 3.63) is 122 Å². The van der Waals surface area contributed by atoms with E-state index in [2.05, 4.69) is 15.5 Å². The molecule has 4 aromatic rings. The van der Waals surface area contributed by atoms with E-state index < -0.39 is 11.7 Å². The first kappa shape index (κ1) is 30.4. The van der Waals surface area contributed by atoms with Crippen LogP contribution in [0, 0.1) is 5.82 Å². The lowest BCUT2D eigenvalue weighted by Crippen LogP contribution is -2.28. The summed E-state index contributed by atoms with van der Waals surface area (Å²) in [7, 11) is 0. The Bertz CT molecular complexity index is 1740. The number of carbonyl (C=O) groups is 2. The third-order valence-corrected chi connectivity index (χ3v) is 7.91. The lowest BCUT2D eigenvalue weighted by Gasteiger charge is -2.13. The van der Waals surface area contributed by atoms with Crippen molar-refractivity contribution in [3.63, 3.8) is 0 Å². The predicted octanol–water partition coefficient (Wildman–Crippen LogP) is 7.90. The molecule has 218 valence electrons. The van der Waals surface area contributed by atoms with Crippen LogP contribution in [0.15, 0.2) is 98.6 Å². The Kier molecular flexibility index (Phi) is 9.83. The Morgan fingerprint density at radius 2 is 1.86 bits per heavy atom. The van der Waals surface area contributed by atoms with Gasteiger partial charge in [-0.3, -0.25) is 14.5 Å². The second-order valence-corrected chi connectivity index (χ2v) is 11.1. The highest BCUT2D eigenvalue weighted by atomic mass is 35.5. The highest BCUT2D eigenvalue weighted by Crippen LogP contribution is 2.36. The van der Waals surface area contributed by atoms with Crippen LogP contribution in [0.4, 0.5) is 10.1 Å². The molecule has 13 heteroatoms. The van der Waals surface area contributed by atoms with E-state index in [0.29, 0.717) is 53.5 Å². The molecule has 1 N–H and O–H groups in total. The number of ether oxygens (including phenoxy) is 1. The molecule has 0 bridgehead atoms. The Hall–Kier alpha value is -4.09. The summed E-state index contributed by atoms with van der Waals surface area (Å²) in [5.74, 6) is -0.361. The maximum Gasteiger partial charge on any atom is 0.267 e. The molecule has 5 rings (SSSR count). The number of amides is 2. The Balaban J connectivity index is 1.38. The number of nitrogens with one attached hydrogen (secondary N) is 1. The Morgan fingerprint density at radius 3 is 2.63 bits per heavy atom. The number of halogens is 4. The van der Waals surface area contributed by atoms with Crippen molar-refractivity contribution in [2.75, 3.05) is 11.9 Å². The van der Waals surface area contributed by atoms with Crippen molar-refractivity contribution in [3.8, 4) is 5.75 Å². The zero-order valence-corrected chi connectivity index (χ0v) is 25.1. The fraction of sp³-hybridized carbons (Fsp3) is 0.0667. The largest absolute Gasteiger partial charge is 0.483 e. The number of rotatable bonds is 9. The maximum absolute atomic E-state index is 13.5. The van der Waals surface area contributed by atoms with Gasteiger partial charge in [-0.2, -0.15) is 5.10 Å². The van der Waals surface area contributed by atoms with E-state index in [4.69, 9.17) is 44.0 Å². The summed E-state index contributed by atoms with van der Waals surface area (Å²) < 4.78 is 24.4. The van der Waals surface area contributed by atoms with Crippen LogP contribution in [0.2, 0.25) is 15.1 Å². The van der Waals surface area contributed by atoms with Crippen molar-refractivity contribution < 1.29 is 23.1 Å². The zero-order chi connectivity index (χ0) is 30.3. The summed E-state index contributed by atoms with van der Waals surface area (Å²) in [6.07, 6.45) is 4.55. The van der Waals surface area contributed by atoms with Gasteiger partial charge in [-0.25, -0.2) is 4.39 Å². The van der Waals surface area contributed by atoms with E-state index in [-0.39, 0.29) is 19.1 Å². The highest BCUT2D eigenvalue weighted by Gasteiger charge is 2.34. The standard InChI is InChI=1S/C30H20Cl3FN4O4S/c31-20-6-11-25(42-17-27(39)36-22-9-7-21(34)8-10-22)19(13-20)14-26-29(40)38(16-23-4-2-12-41-23)30(43-26)37-35-15-18-3-1-5-24(32)28(18)33/h1-15H,16-17H2,(H,36,39)/b26-14-,35-15+,37-30-. The average Bonchev–Trinajstić information content (AvgIpc) is 3.60. The van der Waals surface area contributed by atoms with Crippen LogP contribution in [-0.4, -0.2) is 34.7 Å². The quantitative estimate of drug-likeness (QED) is 0.112. The summed E-state index contributed by atoms with van der Waals surface area (Å²) in [4.78, 5) is 27.7. The molecular formula is C30H20Cl3FN4O4S. The van der Waals surface area contributed by atoms with Crippen LogP contribution in [0.5, 0.6) is 5.75 Å². The number of nitrogens with zero attached hydrogens (tertiary/aromatic N) is 3.